The summed E-state index contributed by atoms with van der Waals surface area (Å²) in [5.41, 5.74) is 0.362. The van der Waals surface area contributed by atoms with Crippen LogP contribution in [0.3, 0.4) is 0 Å². The van der Waals surface area contributed by atoms with E-state index in [9.17, 15) is 4.79 Å². The van der Waals surface area contributed by atoms with E-state index in [0.29, 0.717) is 33.4 Å². The Morgan fingerprint density at radius 3 is 2.80 bits per heavy atom. The van der Waals surface area contributed by atoms with Gasteiger partial charge in [-0.2, -0.15) is 0 Å². The number of fused-ring (bicyclic) bond motifs is 1. The maximum absolute atomic E-state index is 12.5. The summed E-state index contributed by atoms with van der Waals surface area (Å²) in [5.74, 6) is 0.481. The Labute approximate surface area is 126 Å². The zero-order valence-electron chi connectivity index (χ0n) is 11.1. The predicted octanol–water partition coefficient (Wildman–Crippen LogP) is 2.66. The van der Waals surface area contributed by atoms with Crippen LogP contribution in [-0.2, 0) is 6.54 Å². The summed E-state index contributed by atoms with van der Waals surface area (Å²) in [7, 11) is 2.10. The fourth-order valence-corrected chi connectivity index (χ4v) is 3.22. The largest absolute Gasteiger partial charge is 0.306 e. The van der Waals surface area contributed by atoms with Gasteiger partial charge in [0.25, 0.3) is 5.56 Å². The molecule has 1 fully saturated rings. The Balaban J connectivity index is 2.03. The molecule has 0 radical (unpaired) electrons. The smallest absolute Gasteiger partial charge is 0.262 e. The summed E-state index contributed by atoms with van der Waals surface area (Å²) in [6, 6.07) is 3.30. The number of benzene rings is 1. The molecule has 1 atom stereocenters. The van der Waals surface area contributed by atoms with Crippen LogP contribution in [0.4, 0.5) is 0 Å². The average molecular weight is 312 g/mol. The standard InChI is InChI=1S/C14H15Cl2N3O/c1-18-5-4-9(6-18)7-19-8-17-13-11(16)3-2-10(15)12(13)14(19)20/h2-3,8-9H,4-7H2,1H3. The van der Waals surface area contributed by atoms with Crippen molar-refractivity contribution in [2.75, 3.05) is 20.1 Å². The molecule has 1 saturated heterocycles. The lowest BCUT2D eigenvalue weighted by atomic mass is 10.1. The molecular formula is C14H15Cl2N3O. The normalized spacial score (nSPS) is 19.9. The monoisotopic (exact) mass is 311 g/mol. The summed E-state index contributed by atoms with van der Waals surface area (Å²) in [5, 5.41) is 1.27. The number of nitrogens with zero attached hydrogens (tertiary/aromatic N) is 3. The van der Waals surface area contributed by atoms with Crippen molar-refractivity contribution in [3.8, 4) is 0 Å². The topological polar surface area (TPSA) is 38.1 Å². The number of hydrogen-bond donors (Lipinski definition) is 0. The summed E-state index contributed by atoms with van der Waals surface area (Å²) >= 11 is 12.2. The summed E-state index contributed by atoms with van der Waals surface area (Å²) in [4.78, 5) is 19.1. The van der Waals surface area contributed by atoms with E-state index in [1.54, 1.807) is 23.0 Å². The third-order valence-electron chi connectivity index (χ3n) is 3.82. The van der Waals surface area contributed by atoms with Crippen molar-refractivity contribution in [3.63, 3.8) is 0 Å². The third kappa shape index (κ3) is 2.43. The molecule has 0 aliphatic carbocycles. The Kier molecular flexibility index (Phi) is 3.71. The lowest BCUT2D eigenvalue weighted by molar-refractivity contribution is 0.375. The van der Waals surface area contributed by atoms with E-state index in [2.05, 4.69) is 16.9 Å². The van der Waals surface area contributed by atoms with Crippen molar-refractivity contribution in [2.45, 2.75) is 13.0 Å². The van der Waals surface area contributed by atoms with Gasteiger partial charge in [-0.05, 0) is 38.1 Å². The molecule has 0 bridgehead atoms. The number of rotatable bonds is 2. The molecule has 0 saturated carbocycles. The van der Waals surface area contributed by atoms with Gasteiger partial charge in [0, 0.05) is 13.1 Å². The van der Waals surface area contributed by atoms with Gasteiger partial charge >= 0.3 is 0 Å². The second kappa shape index (κ2) is 5.35. The molecule has 4 nitrogen and oxygen atoms in total. The van der Waals surface area contributed by atoms with E-state index in [4.69, 9.17) is 23.2 Å². The van der Waals surface area contributed by atoms with Crippen LogP contribution in [0.2, 0.25) is 10.0 Å². The molecule has 106 valence electrons. The van der Waals surface area contributed by atoms with Crippen molar-refractivity contribution in [3.05, 3.63) is 38.9 Å². The molecule has 1 aromatic carbocycles. The first kappa shape index (κ1) is 13.9. The molecule has 2 aromatic rings. The molecule has 20 heavy (non-hydrogen) atoms. The van der Waals surface area contributed by atoms with Crippen molar-refractivity contribution in [1.82, 2.24) is 14.5 Å². The Morgan fingerprint density at radius 2 is 2.10 bits per heavy atom. The zero-order chi connectivity index (χ0) is 14.3. The Morgan fingerprint density at radius 1 is 1.35 bits per heavy atom. The second-order valence-corrected chi connectivity index (χ2v) is 6.19. The van der Waals surface area contributed by atoms with Crippen molar-refractivity contribution >= 4 is 34.1 Å². The van der Waals surface area contributed by atoms with Gasteiger partial charge in [-0.1, -0.05) is 23.2 Å². The Bertz CT molecular complexity index is 713. The minimum absolute atomic E-state index is 0.114. The van der Waals surface area contributed by atoms with E-state index in [1.165, 1.54) is 0 Å². The van der Waals surface area contributed by atoms with Gasteiger partial charge in [0.2, 0.25) is 0 Å². The van der Waals surface area contributed by atoms with E-state index in [1.807, 2.05) is 0 Å². The number of aromatic nitrogens is 2. The van der Waals surface area contributed by atoms with Crippen molar-refractivity contribution < 1.29 is 0 Å². The van der Waals surface area contributed by atoms with E-state index >= 15 is 0 Å². The highest BCUT2D eigenvalue weighted by Gasteiger charge is 2.21. The van der Waals surface area contributed by atoms with Crippen LogP contribution in [0.25, 0.3) is 10.9 Å². The highest BCUT2D eigenvalue weighted by atomic mass is 35.5. The first-order valence-electron chi connectivity index (χ1n) is 6.58. The fraction of sp³-hybridized carbons (Fsp3) is 0.429. The fourth-order valence-electron chi connectivity index (χ4n) is 2.78. The molecule has 3 rings (SSSR count). The van der Waals surface area contributed by atoms with Crippen molar-refractivity contribution in [2.24, 2.45) is 5.92 Å². The van der Waals surface area contributed by atoms with Gasteiger partial charge in [-0.15, -0.1) is 0 Å². The van der Waals surface area contributed by atoms with E-state index in [-0.39, 0.29) is 5.56 Å². The maximum Gasteiger partial charge on any atom is 0.262 e. The molecule has 0 spiro atoms. The van der Waals surface area contributed by atoms with Crippen molar-refractivity contribution in [1.29, 1.82) is 0 Å². The summed E-state index contributed by atoms with van der Waals surface area (Å²) in [6.07, 6.45) is 2.68. The quantitative estimate of drug-likeness (QED) is 0.856. The summed E-state index contributed by atoms with van der Waals surface area (Å²) in [6.45, 7) is 2.76. The van der Waals surface area contributed by atoms with E-state index in [0.717, 1.165) is 19.5 Å². The highest BCUT2D eigenvalue weighted by Crippen LogP contribution is 2.25. The summed E-state index contributed by atoms with van der Waals surface area (Å²) < 4.78 is 1.65. The highest BCUT2D eigenvalue weighted by molar-refractivity contribution is 6.39. The molecule has 6 heteroatoms. The predicted molar refractivity (Wildman–Crippen MR) is 81.6 cm³/mol. The first-order valence-corrected chi connectivity index (χ1v) is 7.33. The molecular weight excluding hydrogens is 297 g/mol. The minimum atomic E-state index is -0.114. The zero-order valence-corrected chi connectivity index (χ0v) is 12.7. The van der Waals surface area contributed by atoms with Gasteiger partial charge < -0.3 is 4.90 Å². The lowest BCUT2D eigenvalue weighted by Gasteiger charge is -2.13. The van der Waals surface area contributed by atoms with Crippen LogP contribution < -0.4 is 5.56 Å². The molecule has 0 amide bonds. The lowest BCUT2D eigenvalue weighted by Crippen LogP contribution is -2.26. The molecule has 2 heterocycles. The number of hydrogen-bond acceptors (Lipinski definition) is 3. The number of halogens is 2. The maximum atomic E-state index is 12.5. The van der Waals surface area contributed by atoms with Gasteiger partial charge in [0.15, 0.2) is 0 Å². The second-order valence-electron chi connectivity index (χ2n) is 5.37. The van der Waals surface area contributed by atoms with Crippen LogP contribution in [0.1, 0.15) is 6.42 Å². The van der Waals surface area contributed by atoms with Gasteiger partial charge in [0.1, 0.15) is 0 Å². The van der Waals surface area contributed by atoms with Gasteiger partial charge in [-0.25, -0.2) is 4.98 Å². The van der Waals surface area contributed by atoms with E-state index < -0.39 is 0 Å². The molecule has 1 unspecified atom stereocenters. The average Bonchev–Trinajstić information content (AvgIpc) is 2.82. The van der Waals surface area contributed by atoms with Crippen LogP contribution in [0.5, 0.6) is 0 Å². The van der Waals surface area contributed by atoms with Crippen LogP contribution in [0.15, 0.2) is 23.3 Å². The van der Waals surface area contributed by atoms with Crippen LogP contribution in [-0.4, -0.2) is 34.6 Å². The van der Waals surface area contributed by atoms with Gasteiger partial charge in [0.05, 0.1) is 27.3 Å². The number of likely N-dealkylation sites (tertiary alicyclic amines) is 1. The van der Waals surface area contributed by atoms with Gasteiger partial charge in [-0.3, -0.25) is 9.36 Å². The third-order valence-corrected chi connectivity index (χ3v) is 4.44. The molecule has 0 N–H and O–H groups in total. The first-order chi connectivity index (χ1) is 9.56. The molecule has 1 aliphatic heterocycles. The SMILES string of the molecule is CN1CCC(Cn2cnc3c(Cl)ccc(Cl)c3c2=O)C1. The molecule has 1 aromatic heterocycles. The van der Waals surface area contributed by atoms with Crippen LogP contribution in [0, 0.1) is 5.92 Å². The molecule has 1 aliphatic rings. The Hall–Kier alpha value is -1.10. The minimum Gasteiger partial charge on any atom is -0.306 e. The van der Waals surface area contributed by atoms with Crippen LogP contribution >= 0.6 is 23.2 Å².